The highest BCUT2D eigenvalue weighted by Gasteiger charge is 2.28. The quantitative estimate of drug-likeness (QED) is 0.870. The number of benzene rings is 1. The van der Waals surface area contributed by atoms with Crippen LogP contribution in [0.15, 0.2) is 36.4 Å². The summed E-state index contributed by atoms with van der Waals surface area (Å²) in [5, 5.41) is 3.55. The summed E-state index contributed by atoms with van der Waals surface area (Å²) in [5.74, 6) is 0.619. The summed E-state index contributed by atoms with van der Waals surface area (Å²) in [4.78, 5) is 2.88. The van der Waals surface area contributed by atoms with Gasteiger partial charge in [-0.05, 0) is 56.5 Å². The lowest BCUT2D eigenvalue weighted by Crippen LogP contribution is -2.26. The van der Waals surface area contributed by atoms with Gasteiger partial charge in [0.2, 0.25) is 0 Å². The minimum absolute atomic E-state index is 0.458. The lowest BCUT2D eigenvalue weighted by atomic mass is 9.78. The van der Waals surface area contributed by atoms with Gasteiger partial charge in [0.05, 0.1) is 0 Å². The topological polar surface area (TPSA) is 12.0 Å². The summed E-state index contributed by atoms with van der Waals surface area (Å²) >= 11 is 1.93. The average molecular weight is 271 g/mol. The SMILES string of the molecule is CNC(c1ccc(C)s1)C1CCCc2ccccc21. The van der Waals surface area contributed by atoms with Crippen LogP contribution in [0.25, 0.3) is 0 Å². The first-order valence-electron chi connectivity index (χ1n) is 7.11. The molecule has 0 saturated carbocycles. The molecule has 2 heteroatoms. The van der Waals surface area contributed by atoms with Crippen molar-refractivity contribution < 1.29 is 0 Å². The van der Waals surface area contributed by atoms with Crippen LogP contribution in [0.3, 0.4) is 0 Å². The second-order valence-electron chi connectivity index (χ2n) is 5.41. The van der Waals surface area contributed by atoms with Crippen molar-refractivity contribution in [2.45, 2.75) is 38.1 Å². The van der Waals surface area contributed by atoms with Gasteiger partial charge in [-0.3, -0.25) is 0 Å². The second-order valence-corrected chi connectivity index (χ2v) is 6.73. The first-order chi connectivity index (χ1) is 9.29. The second kappa shape index (κ2) is 5.48. The van der Waals surface area contributed by atoms with Crippen LogP contribution in [-0.4, -0.2) is 7.05 Å². The fraction of sp³-hybridized carbons (Fsp3) is 0.412. The van der Waals surface area contributed by atoms with E-state index in [4.69, 9.17) is 0 Å². The Morgan fingerprint density at radius 3 is 2.79 bits per heavy atom. The summed E-state index contributed by atoms with van der Waals surface area (Å²) in [5.41, 5.74) is 3.10. The van der Waals surface area contributed by atoms with Crippen LogP contribution in [0.5, 0.6) is 0 Å². The third-order valence-electron chi connectivity index (χ3n) is 4.20. The molecule has 1 aliphatic carbocycles. The van der Waals surface area contributed by atoms with E-state index in [9.17, 15) is 0 Å². The first kappa shape index (κ1) is 12.9. The van der Waals surface area contributed by atoms with Gasteiger partial charge >= 0.3 is 0 Å². The van der Waals surface area contributed by atoms with Crippen LogP contribution in [0.1, 0.15) is 45.7 Å². The number of thiophene rings is 1. The normalized spacial score (nSPS) is 20.0. The van der Waals surface area contributed by atoms with E-state index in [0.29, 0.717) is 12.0 Å². The Hall–Kier alpha value is -1.12. The molecule has 0 radical (unpaired) electrons. The molecule has 1 aromatic carbocycles. The molecule has 19 heavy (non-hydrogen) atoms. The molecule has 100 valence electrons. The Balaban J connectivity index is 1.97. The van der Waals surface area contributed by atoms with E-state index < -0.39 is 0 Å². The van der Waals surface area contributed by atoms with Crippen LogP contribution in [-0.2, 0) is 6.42 Å². The molecule has 2 atom stereocenters. The maximum absolute atomic E-state index is 3.55. The lowest BCUT2D eigenvalue weighted by molar-refractivity contribution is 0.430. The summed E-state index contributed by atoms with van der Waals surface area (Å²) < 4.78 is 0. The van der Waals surface area contributed by atoms with Gasteiger partial charge in [-0.25, -0.2) is 0 Å². The molecule has 2 aromatic rings. The van der Waals surface area contributed by atoms with E-state index >= 15 is 0 Å². The molecule has 1 heterocycles. The van der Waals surface area contributed by atoms with Crippen LogP contribution in [0.2, 0.25) is 0 Å². The number of hydrogen-bond acceptors (Lipinski definition) is 2. The highest BCUT2D eigenvalue weighted by molar-refractivity contribution is 7.12. The number of fused-ring (bicyclic) bond motifs is 1. The smallest absolute Gasteiger partial charge is 0.0482 e. The van der Waals surface area contributed by atoms with Gasteiger partial charge in [0, 0.05) is 21.7 Å². The molecule has 1 N–H and O–H groups in total. The Morgan fingerprint density at radius 2 is 2.05 bits per heavy atom. The van der Waals surface area contributed by atoms with Gasteiger partial charge in [0.15, 0.2) is 0 Å². The molecule has 0 saturated heterocycles. The van der Waals surface area contributed by atoms with Gasteiger partial charge in [-0.1, -0.05) is 24.3 Å². The number of likely N-dealkylation sites (N-methyl/N-ethyl adjacent to an activating group) is 1. The molecule has 3 rings (SSSR count). The summed E-state index contributed by atoms with van der Waals surface area (Å²) in [6.07, 6.45) is 3.84. The van der Waals surface area contributed by atoms with Crippen molar-refractivity contribution in [1.82, 2.24) is 5.32 Å². The predicted molar refractivity (Wildman–Crippen MR) is 83.0 cm³/mol. The standard InChI is InChI=1S/C17H21NS/c1-12-10-11-16(19-12)17(18-2)15-9-5-7-13-6-3-4-8-14(13)15/h3-4,6,8,10-11,15,17-18H,5,7,9H2,1-2H3. The third-order valence-corrected chi connectivity index (χ3v) is 5.28. The third kappa shape index (κ3) is 2.47. The zero-order valence-electron chi connectivity index (χ0n) is 11.6. The van der Waals surface area contributed by atoms with Crippen LogP contribution in [0.4, 0.5) is 0 Å². The van der Waals surface area contributed by atoms with Crippen LogP contribution < -0.4 is 5.32 Å². The van der Waals surface area contributed by atoms with Crippen LogP contribution in [0, 0.1) is 6.92 Å². The van der Waals surface area contributed by atoms with Crippen molar-refractivity contribution in [3.63, 3.8) is 0 Å². The van der Waals surface area contributed by atoms with Gasteiger partial charge in [-0.2, -0.15) is 0 Å². The van der Waals surface area contributed by atoms with Crippen molar-refractivity contribution in [1.29, 1.82) is 0 Å². The molecule has 0 fully saturated rings. The maximum Gasteiger partial charge on any atom is 0.0482 e. The minimum atomic E-state index is 0.458. The molecule has 0 bridgehead atoms. The first-order valence-corrected chi connectivity index (χ1v) is 7.92. The van der Waals surface area contributed by atoms with Crippen molar-refractivity contribution >= 4 is 11.3 Å². The summed E-state index contributed by atoms with van der Waals surface area (Å²) in [6, 6.07) is 14.0. The largest absolute Gasteiger partial charge is 0.312 e. The van der Waals surface area contributed by atoms with E-state index in [2.05, 4.69) is 55.7 Å². The van der Waals surface area contributed by atoms with E-state index in [1.54, 1.807) is 11.1 Å². The fourth-order valence-electron chi connectivity index (χ4n) is 3.30. The molecular formula is C17H21NS. The molecular weight excluding hydrogens is 250 g/mol. The monoisotopic (exact) mass is 271 g/mol. The van der Waals surface area contributed by atoms with Crippen molar-refractivity contribution in [3.8, 4) is 0 Å². The van der Waals surface area contributed by atoms with Crippen molar-refractivity contribution in [2.75, 3.05) is 7.05 Å². The van der Waals surface area contributed by atoms with Crippen LogP contribution >= 0.6 is 11.3 Å². The average Bonchev–Trinajstić information content (AvgIpc) is 2.86. The highest BCUT2D eigenvalue weighted by Crippen LogP contribution is 2.41. The Morgan fingerprint density at radius 1 is 1.21 bits per heavy atom. The zero-order chi connectivity index (χ0) is 13.2. The Bertz CT molecular complexity index is 558. The van der Waals surface area contributed by atoms with Gasteiger partial charge in [-0.15, -0.1) is 11.3 Å². The van der Waals surface area contributed by atoms with E-state index in [1.807, 2.05) is 11.3 Å². The van der Waals surface area contributed by atoms with E-state index in [0.717, 1.165) is 0 Å². The fourth-order valence-corrected chi connectivity index (χ4v) is 4.35. The molecule has 1 aromatic heterocycles. The predicted octanol–water partition coefficient (Wildman–Crippen LogP) is 4.44. The Kier molecular flexibility index (Phi) is 3.72. The highest BCUT2D eigenvalue weighted by atomic mass is 32.1. The van der Waals surface area contributed by atoms with Crippen molar-refractivity contribution in [3.05, 3.63) is 57.3 Å². The van der Waals surface area contributed by atoms with E-state index in [-0.39, 0.29) is 0 Å². The molecule has 0 spiro atoms. The molecule has 2 unspecified atom stereocenters. The number of hydrogen-bond donors (Lipinski definition) is 1. The number of nitrogens with one attached hydrogen (secondary N) is 1. The minimum Gasteiger partial charge on any atom is -0.312 e. The summed E-state index contributed by atoms with van der Waals surface area (Å²) in [6.45, 7) is 2.19. The van der Waals surface area contributed by atoms with Crippen molar-refractivity contribution in [2.24, 2.45) is 0 Å². The Labute approximate surface area is 119 Å². The molecule has 0 amide bonds. The number of rotatable bonds is 3. The summed E-state index contributed by atoms with van der Waals surface area (Å²) in [7, 11) is 2.09. The maximum atomic E-state index is 3.55. The van der Waals surface area contributed by atoms with Gasteiger partial charge in [0.1, 0.15) is 0 Å². The number of aryl methyl sites for hydroxylation is 2. The van der Waals surface area contributed by atoms with Gasteiger partial charge < -0.3 is 5.32 Å². The van der Waals surface area contributed by atoms with E-state index in [1.165, 1.54) is 29.0 Å². The zero-order valence-corrected chi connectivity index (χ0v) is 12.5. The molecule has 1 aliphatic rings. The lowest BCUT2D eigenvalue weighted by Gasteiger charge is -2.31. The molecule has 0 aliphatic heterocycles. The van der Waals surface area contributed by atoms with Gasteiger partial charge in [0.25, 0.3) is 0 Å². The molecule has 1 nitrogen and oxygen atoms in total.